The van der Waals surface area contributed by atoms with Gasteiger partial charge in [-0.05, 0) is 35.9 Å². The summed E-state index contributed by atoms with van der Waals surface area (Å²) in [5.74, 6) is -1.14. The quantitative estimate of drug-likeness (QED) is 0.244. The van der Waals surface area contributed by atoms with Gasteiger partial charge in [-0.25, -0.2) is 9.18 Å². The van der Waals surface area contributed by atoms with Crippen molar-refractivity contribution in [2.24, 2.45) is 0 Å². The molecule has 7 nitrogen and oxygen atoms in total. The summed E-state index contributed by atoms with van der Waals surface area (Å²) in [6.45, 7) is -0.0856. The zero-order valence-corrected chi connectivity index (χ0v) is 15.1. The summed E-state index contributed by atoms with van der Waals surface area (Å²) in [5, 5.41) is 10.9. The Morgan fingerprint density at radius 1 is 0.931 bits per heavy atom. The second kappa shape index (κ2) is 9.32. The molecule has 3 rings (SSSR count). The molecule has 0 aliphatic heterocycles. The van der Waals surface area contributed by atoms with E-state index in [-0.39, 0.29) is 0 Å². The van der Waals surface area contributed by atoms with E-state index in [1.807, 2.05) is 30.3 Å². The lowest BCUT2D eigenvalue weighted by molar-refractivity contribution is -0.385. The van der Waals surface area contributed by atoms with Gasteiger partial charge in [-0.3, -0.25) is 10.1 Å². The number of nitrogens with zero attached hydrogens (tertiary/aromatic N) is 1. The van der Waals surface area contributed by atoms with Gasteiger partial charge in [0.1, 0.15) is 23.9 Å². The van der Waals surface area contributed by atoms with Crippen molar-refractivity contribution in [2.75, 3.05) is 6.61 Å². The average Bonchev–Trinajstić information content (AvgIpc) is 2.72. The number of carbonyl (C=O) groups excluding carboxylic acids is 1. The molecular weight excluding hydrogens is 381 g/mol. The average molecular weight is 397 g/mol. The highest BCUT2D eigenvalue weighted by atomic mass is 19.1. The van der Waals surface area contributed by atoms with Crippen LogP contribution in [0.5, 0.6) is 17.2 Å². The fraction of sp³-hybridized carbons (Fsp3) is 0.0952. The number of esters is 1. The molecule has 3 aromatic rings. The van der Waals surface area contributed by atoms with Crippen LogP contribution < -0.4 is 14.2 Å². The molecule has 0 unspecified atom stereocenters. The largest absolute Gasteiger partial charge is 0.489 e. The van der Waals surface area contributed by atoms with Crippen LogP contribution in [0.25, 0.3) is 0 Å². The van der Waals surface area contributed by atoms with Crippen molar-refractivity contribution in [2.45, 2.75) is 6.61 Å². The molecule has 0 fully saturated rings. The maximum atomic E-state index is 13.3. The summed E-state index contributed by atoms with van der Waals surface area (Å²) in [4.78, 5) is 22.0. The van der Waals surface area contributed by atoms with Crippen LogP contribution in [-0.4, -0.2) is 17.5 Å². The lowest BCUT2D eigenvalue weighted by Gasteiger charge is -2.09. The summed E-state index contributed by atoms with van der Waals surface area (Å²) >= 11 is 0. The van der Waals surface area contributed by atoms with Crippen molar-refractivity contribution in [3.63, 3.8) is 0 Å². The smallest absolute Gasteiger partial charge is 0.349 e. The maximum Gasteiger partial charge on any atom is 0.349 e. The molecular formula is C21H16FNO6. The minimum atomic E-state index is -0.900. The van der Waals surface area contributed by atoms with Gasteiger partial charge in [0.15, 0.2) is 6.61 Å². The molecule has 8 heteroatoms. The van der Waals surface area contributed by atoms with Gasteiger partial charge in [0.2, 0.25) is 5.75 Å². The number of carbonyl (C=O) groups is 1. The third kappa shape index (κ3) is 5.77. The first-order valence-electron chi connectivity index (χ1n) is 8.55. The predicted octanol–water partition coefficient (Wildman–Crippen LogP) is 4.30. The van der Waals surface area contributed by atoms with Gasteiger partial charge in [-0.2, -0.15) is 0 Å². The third-order valence-electron chi connectivity index (χ3n) is 3.77. The Morgan fingerprint density at radius 2 is 1.59 bits per heavy atom. The van der Waals surface area contributed by atoms with Gasteiger partial charge in [0.05, 0.1) is 4.92 Å². The fourth-order valence-corrected chi connectivity index (χ4v) is 2.39. The topological polar surface area (TPSA) is 87.9 Å². The summed E-state index contributed by atoms with van der Waals surface area (Å²) in [5.41, 5.74) is 0.515. The molecule has 0 radical (unpaired) electrons. The summed E-state index contributed by atoms with van der Waals surface area (Å²) < 4.78 is 29.1. The number of nitro groups is 1. The standard InChI is InChI=1S/C21H16FNO6/c22-16-6-11-19(23(25)26)20(12-16)29-21(24)14-28-18-9-7-17(8-10-18)27-13-15-4-2-1-3-5-15/h1-12H,13-14H2. The van der Waals surface area contributed by atoms with Crippen LogP contribution in [-0.2, 0) is 11.4 Å². The van der Waals surface area contributed by atoms with Gasteiger partial charge >= 0.3 is 11.7 Å². The van der Waals surface area contributed by atoms with E-state index in [9.17, 15) is 19.3 Å². The van der Waals surface area contributed by atoms with Crippen LogP contribution in [0.3, 0.4) is 0 Å². The van der Waals surface area contributed by atoms with Crippen LogP contribution in [0.15, 0.2) is 72.8 Å². The fourth-order valence-electron chi connectivity index (χ4n) is 2.39. The molecule has 0 saturated heterocycles. The number of nitro benzene ring substituents is 1. The van der Waals surface area contributed by atoms with Gasteiger partial charge in [-0.15, -0.1) is 0 Å². The molecule has 0 aromatic heterocycles. The second-order valence-corrected chi connectivity index (χ2v) is 5.88. The molecule has 0 atom stereocenters. The highest BCUT2D eigenvalue weighted by Crippen LogP contribution is 2.27. The van der Waals surface area contributed by atoms with Crippen LogP contribution in [0.1, 0.15) is 5.56 Å². The van der Waals surface area contributed by atoms with Gasteiger partial charge < -0.3 is 14.2 Å². The lowest BCUT2D eigenvalue weighted by atomic mass is 10.2. The van der Waals surface area contributed by atoms with E-state index in [0.29, 0.717) is 18.1 Å². The summed E-state index contributed by atoms with van der Waals surface area (Å²) in [6, 6.07) is 18.9. The Hall–Kier alpha value is -3.94. The van der Waals surface area contributed by atoms with Crippen LogP contribution in [0.2, 0.25) is 0 Å². The predicted molar refractivity (Wildman–Crippen MR) is 101 cm³/mol. The monoisotopic (exact) mass is 397 g/mol. The molecule has 29 heavy (non-hydrogen) atoms. The molecule has 0 spiro atoms. The number of benzene rings is 3. The molecule has 0 saturated carbocycles. The van der Waals surface area contributed by atoms with E-state index >= 15 is 0 Å². The molecule has 0 N–H and O–H groups in total. The maximum absolute atomic E-state index is 13.3. The Balaban J connectivity index is 1.52. The van der Waals surface area contributed by atoms with E-state index in [4.69, 9.17) is 14.2 Å². The molecule has 3 aromatic carbocycles. The van der Waals surface area contributed by atoms with Crippen molar-refractivity contribution in [1.29, 1.82) is 0 Å². The van der Waals surface area contributed by atoms with Gasteiger partial charge in [-0.1, -0.05) is 30.3 Å². The number of rotatable bonds is 8. The molecule has 0 bridgehead atoms. The second-order valence-electron chi connectivity index (χ2n) is 5.88. The van der Waals surface area contributed by atoms with Crippen molar-refractivity contribution in [3.8, 4) is 17.2 Å². The Bertz CT molecular complexity index is 992. The molecule has 0 aliphatic rings. The lowest BCUT2D eigenvalue weighted by Crippen LogP contribution is -2.18. The van der Waals surface area contributed by atoms with Crippen molar-refractivity contribution in [3.05, 3.63) is 94.3 Å². The number of hydrogen-bond acceptors (Lipinski definition) is 6. The molecule has 148 valence electrons. The zero-order chi connectivity index (χ0) is 20.6. The SMILES string of the molecule is O=C(COc1ccc(OCc2ccccc2)cc1)Oc1cc(F)ccc1[N+](=O)[O-]. The highest BCUT2D eigenvalue weighted by molar-refractivity contribution is 5.75. The first-order chi connectivity index (χ1) is 14.0. The number of halogens is 1. The normalized spacial score (nSPS) is 10.2. The van der Waals surface area contributed by atoms with Gasteiger partial charge in [0.25, 0.3) is 0 Å². The van der Waals surface area contributed by atoms with E-state index in [1.54, 1.807) is 24.3 Å². The number of hydrogen-bond donors (Lipinski definition) is 0. The van der Waals surface area contributed by atoms with E-state index in [1.165, 1.54) is 0 Å². The molecule has 0 amide bonds. The van der Waals surface area contributed by atoms with Crippen molar-refractivity contribution in [1.82, 2.24) is 0 Å². The van der Waals surface area contributed by atoms with Crippen LogP contribution >= 0.6 is 0 Å². The Morgan fingerprint density at radius 3 is 2.24 bits per heavy atom. The first-order valence-corrected chi connectivity index (χ1v) is 8.55. The zero-order valence-electron chi connectivity index (χ0n) is 15.1. The Kier molecular flexibility index (Phi) is 6.36. The minimum absolute atomic E-state index is 0.378. The summed E-state index contributed by atoms with van der Waals surface area (Å²) in [6.07, 6.45) is 0. The number of ether oxygens (including phenoxy) is 3. The van der Waals surface area contributed by atoms with E-state index < -0.39 is 34.8 Å². The minimum Gasteiger partial charge on any atom is -0.489 e. The van der Waals surface area contributed by atoms with E-state index in [0.717, 1.165) is 23.8 Å². The molecule has 0 aliphatic carbocycles. The van der Waals surface area contributed by atoms with E-state index in [2.05, 4.69) is 0 Å². The highest BCUT2D eigenvalue weighted by Gasteiger charge is 2.19. The van der Waals surface area contributed by atoms with Crippen molar-refractivity contribution >= 4 is 11.7 Å². The van der Waals surface area contributed by atoms with Gasteiger partial charge in [0, 0.05) is 12.1 Å². The molecule has 0 heterocycles. The summed E-state index contributed by atoms with van der Waals surface area (Å²) in [7, 11) is 0. The first kappa shape index (κ1) is 19.8. The van der Waals surface area contributed by atoms with Crippen LogP contribution in [0.4, 0.5) is 10.1 Å². The Labute approximate surface area is 165 Å². The van der Waals surface area contributed by atoms with Crippen molar-refractivity contribution < 1.29 is 28.3 Å². The third-order valence-corrected chi connectivity index (χ3v) is 3.77. The van der Waals surface area contributed by atoms with Crippen LogP contribution in [0, 0.1) is 15.9 Å².